The molecule has 1 heterocycles. The van der Waals surface area contributed by atoms with E-state index in [1.54, 1.807) is 18.2 Å². The average molecular weight is 421 g/mol. The second-order valence-corrected chi connectivity index (χ2v) is 10.3. The fraction of sp³-hybridized carbons (Fsp3) is 0.619. The van der Waals surface area contributed by atoms with Gasteiger partial charge < -0.3 is 9.47 Å². The van der Waals surface area contributed by atoms with Crippen molar-refractivity contribution in [2.45, 2.75) is 62.3 Å². The summed E-state index contributed by atoms with van der Waals surface area (Å²) in [6.45, 7) is 0. The fourth-order valence-corrected chi connectivity index (χ4v) is 4.99. The molecule has 1 aromatic heterocycles. The molecule has 3 rings (SSSR count). The van der Waals surface area contributed by atoms with E-state index in [-0.39, 0.29) is 10.8 Å². The zero-order valence-electron chi connectivity index (χ0n) is 17.9. The molecule has 0 spiro atoms. The van der Waals surface area contributed by atoms with Crippen LogP contribution in [0.25, 0.3) is 11.0 Å². The van der Waals surface area contributed by atoms with Crippen LogP contribution in [-0.2, 0) is 28.3 Å². The van der Waals surface area contributed by atoms with Gasteiger partial charge in [0, 0.05) is 47.1 Å². The SMILES string of the molecule is CN(C(=O)CCc1nc2cc(S(=O)(=O)N(C)C)ccc2n1C)C1CCCCCC1. The molecular weight excluding hydrogens is 388 g/mol. The quantitative estimate of drug-likeness (QED) is 0.674. The standard InChI is InChI=1S/C21H32N4O3S/c1-23(2)29(27,28)17-11-12-19-18(15-17)22-20(25(19)4)13-14-21(26)24(3)16-9-7-5-6-8-10-16/h11-12,15-16H,5-10,13-14H2,1-4H3. The second-order valence-electron chi connectivity index (χ2n) is 8.18. The number of benzene rings is 1. The van der Waals surface area contributed by atoms with Gasteiger partial charge in [-0.2, -0.15) is 0 Å². The van der Waals surface area contributed by atoms with Crippen LogP contribution in [0.3, 0.4) is 0 Å². The molecular formula is C21H32N4O3S. The number of carbonyl (C=O) groups excluding carboxylic acids is 1. The number of imidazole rings is 1. The lowest BCUT2D eigenvalue weighted by Gasteiger charge is -2.27. The lowest BCUT2D eigenvalue weighted by Crippen LogP contribution is -2.36. The molecule has 1 aliphatic carbocycles. The molecule has 0 saturated heterocycles. The maximum atomic E-state index is 12.7. The number of hydrogen-bond acceptors (Lipinski definition) is 4. The molecule has 0 aliphatic heterocycles. The van der Waals surface area contributed by atoms with Gasteiger partial charge in [-0.15, -0.1) is 0 Å². The lowest BCUT2D eigenvalue weighted by atomic mass is 10.1. The van der Waals surface area contributed by atoms with Gasteiger partial charge in [-0.25, -0.2) is 17.7 Å². The Kier molecular flexibility index (Phi) is 6.63. The Hall–Kier alpha value is -1.93. The van der Waals surface area contributed by atoms with Crippen LogP contribution in [0.5, 0.6) is 0 Å². The van der Waals surface area contributed by atoms with Crippen LogP contribution >= 0.6 is 0 Å². The Morgan fingerprint density at radius 1 is 1.14 bits per heavy atom. The summed E-state index contributed by atoms with van der Waals surface area (Å²) < 4.78 is 27.9. The molecule has 0 unspecified atom stereocenters. The molecule has 29 heavy (non-hydrogen) atoms. The van der Waals surface area contributed by atoms with Crippen molar-refractivity contribution in [3.63, 3.8) is 0 Å². The third-order valence-electron chi connectivity index (χ3n) is 6.05. The van der Waals surface area contributed by atoms with Gasteiger partial charge in [0.05, 0.1) is 15.9 Å². The van der Waals surface area contributed by atoms with E-state index in [4.69, 9.17) is 0 Å². The Balaban J connectivity index is 1.73. The molecule has 1 aliphatic rings. The summed E-state index contributed by atoms with van der Waals surface area (Å²) in [6, 6.07) is 5.34. The summed E-state index contributed by atoms with van der Waals surface area (Å²) in [5.74, 6) is 0.946. The highest BCUT2D eigenvalue weighted by Gasteiger charge is 2.22. The number of sulfonamides is 1. The summed E-state index contributed by atoms with van der Waals surface area (Å²) >= 11 is 0. The van der Waals surface area contributed by atoms with Gasteiger partial charge >= 0.3 is 0 Å². The molecule has 1 amide bonds. The van der Waals surface area contributed by atoms with E-state index >= 15 is 0 Å². The number of aryl methyl sites for hydroxylation is 2. The van der Waals surface area contributed by atoms with Crippen molar-refractivity contribution in [1.29, 1.82) is 0 Å². The minimum absolute atomic E-state index is 0.153. The number of nitrogens with zero attached hydrogens (tertiary/aromatic N) is 4. The van der Waals surface area contributed by atoms with Crippen molar-refractivity contribution in [3.8, 4) is 0 Å². The van der Waals surface area contributed by atoms with Crippen molar-refractivity contribution in [2.24, 2.45) is 7.05 Å². The van der Waals surface area contributed by atoms with Gasteiger partial charge in [0.15, 0.2) is 0 Å². The van der Waals surface area contributed by atoms with E-state index in [9.17, 15) is 13.2 Å². The average Bonchev–Trinajstić information content (AvgIpc) is 2.87. The maximum Gasteiger partial charge on any atom is 0.242 e. The lowest BCUT2D eigenvalue weighted by molar-refractivity contribution is -0.132. The summed E-state index contributed by atoms with van der Waals surface area (Å²) in [6.07, 6.45) is 8.07. The highest BCUT2D eigenvalue weighted by Crippen LogP contribution is 2.23. The number of hydrogen-bond donors (Lipinski definition) is 0. The van der Waals surface area contributed by atoms with E-state index in [2.05, 4.69) is 4.98 Å². The topological polar surface area (TPSA) is 75.5 Å². The van der Waals surface area contributed by atoms with Crippen molar-refractivity contribution < 1.29 is 13.2 Å². The van der Waals surface area contributed by atoms with Crippen molar-refractivity contribution in [3.05, 3.63) is 24.0 Å². The van der Waals surface area contributed by atoms with E-state index < -0.39 is 10.0 Å². The molecule has 0 bridgehead atoms. The zero-order valence-corrected chi connectivity index (χ0v) is 18.7. The first kappa shape index (κ1) is 21.8. The largest absolute Gasteiger partial charge is 0.343 e. The molecule has 0 radical (unpaired) electrons. The summed E-state index contributed by atoms with van der Waals surface area (Å²) in [5, 5.41) is 0. The molecule has 8 heteroatoms. The highest BCUT2D eigenvalue weighted by molar-refractivity contribution is 7.89. The molecule has 7 nitrogen and oxygen atoms in total. The van der Waals surface area contributed by atoms with Crippen LogP contribution in [0.1, 0.15) is 50.8 Å². The predicted molar refractivity (Wildman–Crippen MR) is 114 cm³/mol. The Bertz CT molecular complexity index is 973. The van der Waals surface area contributed by atoms with E-state index in [0.29, 0.717) is 24.4 Å². The second kappa shape index (κ2) is 8.83. The van der Waals surface area contributed by atoms with Gasteiger partial charge in [0.1, 0.15) is 5.82 Å². The first-order valence-corrected chi connectivity index (χ1v) is 11.8. The Morgan fingerprint density at radius 2 is 1.79 bits per heavy atom. The van der Waals surface area contributed by atoms with Crippen LogP contribution in [0.4, 0.5) is 0 Å². The first-order valence-electron chi connectivity index (χ1n) is 10.4. The zero-order chi connectivity index (χ0) is 21.2. The minimum atomic E-state index is -3.50. The van der Waals surface area contributed by atoms with Gasteiger partial charge in [-0.3, -0.25) is 4.79 Å². The van der Waals surface area contributed by atoms with Gasteiger partial charge in [-0.05, 0) is 31.0 Å². The minimum Gasteiger partial charge on any atom is -0.343 e. The van der Waals surface area contributed by atoms with E-state index in [0.717, 1.165) is 24.2 Å². The third kappa shape index (κ3) is 4.64. The molecule has 1 saturated carbocycles. The van der Waals surface area contributed by atoms with Crippen LogP contribution in [0.2, 0.25) is 0 Å². The highest BCUT2D eigenvalue weighted by atomic mass is 32.2. The predicted octanol–water partition coefficient (Wildman–Crippen LogP) is 2.94. The maximum absolute atomic E-state index is 12.7. The third-order valence-corrected chi connectivity index (χ3v) is 7.86. The Morgan fingerprint density at radius 3 is 2.41 bits per heavy atom. The normalized spacial score (nSPS) is 16.3. The monoisotopic (exact) mass is 420 g/mol. The van der Waals surface area contributed by atoms with Crippen LogP contribution in [0.15, 0.2) is 23.1 Å². The molecule has 0 N–H and O–H groups in total. The van der Waals surface area contributed by atoms with E-state index in [1.807, 2.05) is 23.6 Å². The first-order chi connectivity index (χ1) is 13.7. The molecule has 0 atom stereocenters. The van der Waals surface area contributed by atoms with Gasteiger partial charge in [0.25, 0.3) is 0 Å². The Labute approximate surface area is 173 Å². The number of aromatic nitrogens is 2. The number of amides is 1. The van der Waals surface area contributed by atoms with Crippen molar-refractivity contribution >= 4 is 27.0 Å². The van der Waals surface area contributed by atoms with Crippen LogP contribution in [-0.4, -0.2) is 60.3 Å². The van der Waals surface area contributed by atoms with Crippen LogP contribution < -0.4 is 0 Å². The fourth-order valence-electron chi connectivity index (χ4n) is 4.07. The molecule has 1 fully saturated rings. The molecule has 2 aromatic rings. The number of fused-ring (bicyclic) bond motifs is 1. The smallest absolute Gasteiger partial charge is 0.242 e. The van der Waals surface area contributed by atoms with Gasteiger partial charge in [0.2, 0.25) is 15.9 Å². The van der Waals surface area contributed by atoms with Crippen molar-refractivity contribution in [2.75, 3.05) is 21.1 Å². The molecule has 1 aromatic carbocycles. The molecule has 160 valence electrons. The summed E-state index contributed by atoms with van der Waals surface area (Å²) in [5.41, 5.74) is 1.50. The number of rotatable bonds is 6. The van der Waals surface area contributed by atoms with Gasteiger partial charge in [-0.1, -0.05) is 25.7 Å². The van der Waals surface area contributed by atoms with Crippen LogP contribution in [0, 0.1) is 0 Å². The summed E-state index contributed by atoms with van der Waals surface area (Å²) in [7, 11) is 3.36. The van der Waals surface area contributed by atoms with Crippen molar-refractivity contribution in [1.82, 2.24) is 18.8 Å². The summed E-state index contributed by atoms with van der Waals surface area (Å²) in [4.78, 5) is 19.5. The number of carbonyl (C=O) groups is 1. The van der Waals surface area contributed by atoms with E-state index in [1.165, 1.54) is 44.1 Å².